The van der Waals surface area contributed by atoms with Crippen molar-refractivity contribution < 1.29 is 9.36 Å². The second-order valence-electron chi connectivity index (χ2n) is 3.76. The zero-order valence-corrected chi connectivity index (χ0v) is 9.49. The Balaban J connectivity index is 2.37. The van der Waals surface area contributed by atoms with E-state index < -0.39 is 0 Å². The summed E-state index contributed by atoms with van der Waals surface area (Å²) in [6, 6.07) is 3.82. The van der Waals surface area contributed by atoms with Gasteiger partial charge in [0.1, 0.15) is 12.7 Å². The van der Waals surface area contributed by atoms with Crippen molar-refractivity contribution in [2.24, 2.45) is 7.05 Å². The molecule has 0 saturated heterocycles. The molecule has 1 amide bonds. The molecule has 3 heteroatoms. The van der Waals surface area contributed by atoms with Crippen LogP contribution in [-0.2, 0) is 11.8 Å². The van der Waals surface area contributed by atoms with Gasteiger partial charge in [-0.05, 0) is 12.5 Å². The third-order valence-corrected chi connectivity index (χ3v) is 2.23. The van der Waals surface area contributed by atoms with Crippen LogP contribution in [0, 0.1) is 0 Å². The maximum atomic E-state index is 11.5. The first kappa shape index (κ1) is 11.7. The van der Waals surface area contributed by atoms with Crippen LogP contribution in [0.4, 0.5) is 5.69 Å². The Labute approximate surface area is 91.1 Å². The lowest BCUT2D eigenvalue weighted by Gasteiger charge is -2.02. The van der Waals surface area contributed by atoms with E-state index in [0.717, 1.165) is 24.9 Å². The highest BCUT2D eigenvalue weighted by Crippen LogP contribution is 2.05. The molecule has 82 valence electrons. The summed E-state index contributed by atoms with van der Waals surface area (Å²) in [6.07, 6.45) is 7.70. The molecule has 1 rings (SSSR count). The van der Waals surface area contributed by atoms with E-state index in [-0.39, 0.29) is 5.91 Å². The molecule has 0 aliphatic carbocycles. The van der Waals surface area contributed by atoms with Gasteiger partial charge < -0.3 is 5.32 Å². The van der Waals surface area contributed by atoms with Crippen molar-refractivity contribution in [2.75, 3.05) is 5.32 Å². The summed E-state index contributed by atoms with van der Waals surface area (Å²) < 4.78 is 1.92. The van der Waals surface area contributed by atoms with Crippen LogP contribution in [0.1, 0.15) is 32.6 Å². The number of rotatable bonds is 5. The standard InChI is InChI=1S/C12H18N2O/c1-3-4-5-8-12(15)13-11-7-6-9-14(2)10-11/h6-7,9-10H,3-5,8H2,1-2H3/p+1. The number of unbranched alkanes of at least 4 members (excludes halogenated alkanes) is 2. The van der Waals surface area contributed by atoms with Crippen molar-refractivity contribution in [3.05, 3.63) is 24.5 Å². The average molecular weight is 207 g/mol. The van der Waals surface area contributed by atoms with Gasteiger partial charge in [-0.15, -0.1) is 0 Å². The number of amides is 1. The minimum atomic E-state index is 0.106. The molecule has 0 atom stereocenters. The van der Waals surface area contributed by atoms with Gasteiger partial charge in [-0.1, -0.05) is 19.8 Å². The fraction of sp³-hybridized carbons (Fsp3) is 0.500. The van der Waals surface area contributed by atoms with Crippen molar-refractivity contribution in [1.29, 1.82) is 0 Å². The van der Waals surface area contributed by atoms with E-state index >= 15 is 0 Å². The van der Waals surface area contributed by atoms with Gasteiger partial charge in [-0.25, -0.2) is 4.57 Å². The molecule has 1 aromatic heterocycles. The van der Waals surface area contributed by atoms with Gasteiger partial charge in [0.05, 0.1) is 0 Å². The number of nitrogens with one attached hydrogen (secondary N) is 1. The van der Waals surface area contributed by atoms with E-state index in [1.54, 1.807) is 0 Å². The summed E-state index contributed by atoms with van der Waals surface area (Å²) in [5.74, 6) is 0.106. The lowest BCUT2D eigenvalue weighted by Crippen LogP contribution is -2.27. The molecule has 1 aromatic rings. The Morgan fingerprint density at radius 3 is 2.93 bits per heavy atom. The highest BCUT2D eigenvalue weighted by Gasteiger charge is 2.03. The van der Waals surface area contributed by atoms with E-state index in [1.165, 1.54) is 0 Å². The Hall–Kier alpha value is -1.38. The summed E-state index contributed by atoms with van der Waals surface area (Å²) in [5.41, 5.74) is 0.862. The Morgan fingerprint density at radius 2 is 2.27 bits per heavy atom. The molecule has 1 N–H and O–H groups in total. The first-order valence-electron chi connectivity index (χ1n) is 5.47. The van der Waals surface area contributed by atoms with Crippen molar-refractivity contribution in [1.82, 2.24) is 0 Å². The molecule has 1 heterocycles. The number of aromatic nitrogens is 1. The van der Waals surface area contributed by atoms with Crippen LogP contribution in [0.5, 0.6) is 0 Å². The second kappa shape index (κ2) is 6.17. The number of pyridine rings is 1. The molecule has 0 bridgehead atoms. The van der Waals surface area contributed by atoms with Crippen LogP contribution < -0.4 is 9.88 Å². The van der Waals surface area contributed by atoms with E-state index in [1.807, 2.05) is 36.1 Å². The highest BCUT2D eigenvalue weighted by molar-refractivity contribution is 5.90. The molecule has 0 saturated carbocycles. The Morgan fingerprint density at radius 1 is 1.47 bits per heavy atom. The lowest BCUT2D eigenvalue weighted by molar-refractivity contribution is -0.670. The van der Waals surface area contributed by atoms with Crippen LogP contribution >= 0.6 is 0 Å². The summed E-state index contributed by atoms with van der Waals surface area (Å²) >= 11 is 0. The maximum Gasteiger partial charge on any atom is 0.224 e. The van der Waals surface area contributed by atoms with Crippen molar-refractivity contribution in [3.63, 3.8) is 0 Å². The summed E-state index contributed by atoms with van der Waals surface area (Å²) in [4.78, 5) is 11.5. The van der Waals surface area contributed by atoms with Gasteiger partial charge in [0.2, 0.25) is 5.91 Å². The number of hydrogen-bond acceptors (Lipinski definition) is 1. The smallest absolute Gasteiger partial charge is 0.224 e. The maximum absolute atomic E-state index is 11.5. The highest BCUT2D eigenvalue weighted by atomic mass is 16.1. The van der Waals surface area contributed by atoms with Crippen LogP contribution in [0.2, 0.25) is 0 Å². The third-order valence-electron chi connectivity index (χ3n) is 2.23. The molecule has 0 fully saturated rings. The number of anilines is 1. The summed E-state index contributed by atoms with van der Waals surface area (Å²) in [6.45, 7) is 2.13. The largest absolute Gasteiger partial charge is 0.321 e. The van der Waals surface area contributed by atoms with Crippen molar-refractivity contribution >= 4 is 11.6 Å². The van der Waals surface area contributed by atoms with E-state index in [0.29, 0.717) is 6.42 Å². The molecule has 0 aromatic carbocycles. The van der Waals surface area contributed by atoms with Gasteiger partial charge >= 0.3 is 0 Å². The molecule has 3 nitrogen and oxygen atoms in total. The fourth-order valence-electron chi connectivity index (χ4n) is 1.42. The Bertz CT molecular complexity index is 323. The molecule has 0 unspecified atom stereocenters. The molecular formula is C12H19N2O+. The SMILES string of the molecule is CCCCCC(=O)Nc1ccc[n+](C)c1. The first-order valence-corrected chi connectivity index (χ1v) is 5.47. The normalized spacial score (nSPS) is 10.0. The molecule has 0 aliphatic rings. The monoisotopic (exact) mass is 207 g/mol. The minimum absolute atomic E-state index is 0.106. The number of nitrogens with zero attached hydrogens (tertiary/aromatic N) is 1. The van der Waals surface area contributed by atoms with Gasteiger partial charge in [-0.3, -0.25) is 4.79 Å². The van der Waals surface area contributed by atoms with Gasteiger partial charge in [-0.2, -0.15) is 0 Å². The second-order valence-corrected chi connectivity index (χ2v) is 3.76. The van der Waals surface area contributed by atoms with E-state index in [9.17, 15) is 4.79 Å². The molecule has 15 heavy (non-hydrogen) atoms. The van der Waals surface area contributed by atoms with Crippen LogP contribution in [0.15, 0.2) is 24.5 Å². The third kappa shape index (κ3) is 4.58. The van der Waals surface area contributed by atoms with Crippen LogP contribution in [0.25, 0.3) is 0 Å². The number of carbonyl (C=O) groups is 1. The summed E-state index contributed by atoms with van der Waals surface area (Å²) in [7, 11) is 1.94. The minimum Gasteiger partial charge on any atom is -0.321 e. The Kier molecular flexibility index (Phi) is 4.81. The molecule has 0 spiro atoms. The quantitative estimate of drug-likeness (QED) is 0.581. The number of hydrogen-bond donors (Lipinski definition) is 1. The zero-order valence-electron chi connectivity index (χ0n) is 9.49. The van der Waals surface area contributed by atoms with Gasteiger partial charge in [0, 0.05) is 12.5 Å². The van der Waals surface area contributed by atoms with Crippen LogP contribution in [-0.4, -0.2) is 5.91 Å². The average Bonchev–Trinajstić information content (AvgIpc) is 2.18. The van der Waals surface area contributed by atoms with Crippen molar-refractivity contribution in [2.45, 2.75) is 32.6 Å². The van der Waals surface area contributed by atoms with Gasteiger partial charge in [0.25, 0.3) is 0 Å². The first-order chi connectivity index (χ1) is 7.22. The van der Waals surface area contributed by atoms with Crippen molar-refractivity contribution in [3.8, 4) is 0 Å². The van der Waals surface area contributed by atoms with E-state index in [2.05, 4.69) is 12.2 Å². The molecule has 0 radical (unpaired) electrons. The topological polar surface area (TPSA) is 33.0 Å². The lowest BCUT2D eigenvalue weighted by atomic mass is 10.2. The predicted octanol–water partition coefficient (Wildman–Crippen LogP) is 2.03. The number of aryl methyl sites for hydroxylation is 1. The fourth-order valence-corrected chi connectivity index (χ4v) is 1.42. The van der Waals surface area contributed by atoms with Gasteiger partial charge in [0.15, 0.2) is 12.4 Å². The molecular weight excluding hydrogens is 188 g/mol. The predicted molar refractivity (Wildman–Crippen MR) is 60.4 cm³/mol. The number of carbonyl (C=O) groups excluding carboxylic acids is 1. The van der Waals surface area contributed by atoms with E-state index in [4.69, 9.17) is 0 Å². The van der Waals surface area contributed by atoms with Crippen LogP contribution in [0.3, 0.4) is 0 Å². The molecule has 0 aliphatic heterocycles. The summed E-state index contributed by atoms with van der Waals surface area (Å²) in [5, 5.41) is 2.88. The zero-order chi connectivity index (χ0) is 11.1.